The zero-order chi connectivity index (χ0) is 19.3. The van der Waals surface area contributed by atoms with E-state index in [2.05, 4.69) is 15.5 Å². The second-order valence-electron chi connectivity index (χ2n) is 6.73. The molecule has 1 unspecified atom stereocenters. The number of carbonyl (C=O) groups is 1. The Bertz CT molecular complexity index is 1010. The van der Waals surface area contributed by atoms with Crippen LogP contribution in [0.3, 0.4) is 0 Å². The molecule has 4 rings (SSSR count). The summed E-state index contributed by atoms with van der Waals surface area (Å²) >= 11 is 0. The number of amides is 1. The van der Waals surface area contributed by atoms with Crippen molar-refractivity contribution in [3.63, 3.8) is 0 Å². The number of hydrogen-bond donors (Lipinski definition) is 2. The van der Waals surface area contributed by atoms with Crippen molar-refractivity contribution in [3.8, 4) is 22.4 Å². The third-order valence-corrected chi connectivity index (χ3v) is 4.83. The average Bonchev–Trinajstić information content (AvgIpc) is 3.27. The molecule has 0 aliphatic carbocycles. The molecule has 1 aliphatic heterocycles. The summed E-state index contributed by atoms with van der Waals surface area (Å²) in [6.07, 6.45) is 1.90. The van der Waals surface area contributed by atoms with E-state index in [9.17, 15) is 9.59 Å². The van der Waals surface area contributed by atoms with E-state index in [-0.39, 0.29) is 11.7 Å². The number of nitrogens with zero attached hydrogens (tertiary/aromatic N) is 1. The Balaban J connectivity index is 1.80. The summed E-state index contributed by atoms with van der Waals surface area (Å²) < 4.78 is 5.56. The first kappa shape index (κ1) is 18.1. The SMILES string of the molecule is O=C(NCC1CCCO1)c1c(-c2ccccc2)c(-c2ccccc2)n[nH]c1=O. The van der Waals surface area contributed by atoms with Gasteiger partial charge in [0.25, 0.3) is 11.5 Å². The molecule has 142 valence electrons. The van der Waals surface area contributed by atoms with Gasteiger partial charge in [0.2, 0.25) is 0 Å². The third-order valence-electron chi connectivity index (χ3n) is 4.83. The van der Waals surface area contributed by atoms with Crippen molar-refractivity contribution in [2.24, 2.45) is 0 Å². The summed E-state index contributed by atoms with van der Waals surface area (Å²) in [5.74, 6) is -0.421. The maximum absolute atomic E-state index is 13.0. The van der Waals surface area contributed by atoms with Crippen LogP contribution in [0.1, 0.15) is 23.2 Å². The summed E-state index contributed by atoms with van der Waals surface area (Å²) in [6.45, 7) is 1.10. The summed E-state index contributed by atoms with van der Waals surface area (Å²) in [6, 6.07) is 18.9. The van der Waals surface area contributed by atoms with E-state index in [1.165, 1.54) is 0 Å². The van der Waals surface area contributed by atoms with Crippen LogP contribution in [-0.4, -0.2) is 35.4 Å². The smallest absolute Gasteiger partial charge is 0.277 e. The lowest BCUT2D eigenvalue weighted by Gasteiger charge is -2.15. The zero-order valence-corrected chi connectivity index (χ0v) is 15.4. The first-order valence-electron chi connectivity index (χ1n) is 9.37. The molecule has 2 N–H and O–H groups in total. The number of nitrogens with one attached hydrogen (secondary N) is 2. The molecular formula is C22H21N3O3. The van der Waals surface area contributed by atoms with Crippen molar-refractivity contribution in [2.45, 2.75) is 18.9 Å². The van der Waals surface area contributed by atoms with Crippen molar-refractivity contribution >= 4 is 5.91 Å². The number of aromatic nitrogens is 2. The Morgan fingerprint density at radius 3 is 2.39 bits per heavy atom. The van der Waals surface area contributed by atoms with Crippen LogP contribution in [0.15, 0.2) is 65.5 Å². The van der Waals surface area contributed by atoms with Crippen LogP contribution >= 0.6 is 0 Å². The monoisotopic (exact) mass is 375 g/mol. The van der Waals surface area contributed by atoms with Gasteiger partial charge < -0.3 is 10.1 Å². The fourth-order valence-corrected chi connectivity index (χ4v) is 3.46. The van der Waals surface area contributed by atoms with E-state index in [1.54, 1.807) is 0 Å². The molecule has 3 aromatic rings. The number of benzene rings is 2. The lowest BCUT2D eigenvalue weighted by molar-refractivity contribution is 0.0857. The highest BCUT2D eigenvalue weighted by molar-refractivity contribution is 6.03. The van der Waals surface area contributed by atoms with Crippen LogP contribution in [0, 0.1) is 0 Å². The van der Waals surface area contributed by atoms with E-state index < -0.39 is 11.5 Å². The predicted molar refractivity (Wildman–Crippen MR) is 107 cm³/mol. The van der Waals surface area contributed by atoms with Gasteiger partial charge in [0.15, 0.2) is 0 Å². The molecular weight excluding hydrogens is 354 g/mol. The standard InChI is InChI=1S/C22H21N3O3/c26-21(23-14-17-12-7-13-28-17)19-18(15-8-3-1-4-9-15)20(24-25-22(19)27)16-10-5-2-6-11-16/h1-6,8-11,17H,7,12-14H2,(H,23,26)(H,25,27). The van der Waals surface area contributed by atoms with Crippen LogP contribution in [0.5, 0.6) is 0 Å². The van der Waals surface area contributed by atoms with Gasteiger partial charge in [-0.1, -0.05) is 60.7 Å². The van der Waals surface area contributed by atoms with Crippen LogP contribution in [-0.2, 0) is 4.74 Å². The van der Waals surface area contributed by atoms with E-state index in [4.69, 9.17) is 4.74 Å². The average molecular weight is 375 g/mol. The van der Waals surface area contributed by atoms with Gasteiger partial charge in [0.1, 0.15) is 5.56 Å². The minimum Gasteiger partial charge on any atom is -0.376 e. The van der Waals surface area contributed by atoms with Gasteiger partial charge in [-0.05, 0) is 18.4 Å². The van der Waals surface area contributed by atoms with Crippen LogP contribution in [0.2, 0.25) is 0 Å². The second-order valence-corrected chi connectivity index (χ2v) is 6.73. The lowest BCUT2D eigenvalue weighted by atomic mass is 9.95. The Hall–Kier alpha value is -3.25. The largest absolute Gasteiger partial charge is 0.376 e. The molecule has 2 aromatic carbocycles. The Labute approximate surface area is 162 Å². The fourth-order valence-electron chi connectivity index (χ4n) is 3.46. The van der Waals surface area contributed by atoms with E-state index in [0.717, 1.165) is 24.0 Å². The molecule has 0 saturated carbocycles. The van der Waals surface area contributed by atoms with Gasteiger partial charge in [-0.15, -0.1) is 0 Å². The van der Waals surface area contributed by atoms with Crippen LogP contribution in [0.25, 0.3) is 22.4 Å². The van der Waals surface area contributed by atoms with Crippen LogP contribution in [0.4, 0.5) is 0 Å². The van der Waals surface area contributed by atoms with Gasteiger partial charge >= 0.3 is 0 Å². The molecule has 1 aliphatic rings. The molecule has 28 heavy (non-hydrogen) atoms. The van der Waals surface area contributed by atoms with Gasteiger partial charge in [0.05, 0.1) is 11.8 Å². The Morgan fingerprint density at radius 1 is 1.07 bits per heavy atom. The summed E-state index contributed by atoms with van der Waals surface area (Å²) in [7, 11) is 0. The Morgan fingerprint density at radius 2 is 1.75 bits per heavy atom. The van der Waals surface area contributed by atoms with Crippen molar-refractivity contribution in [3.05, 3.63) is 76.6 Å². The minimum absolute atomic E-state index is 0.00126. The van der Waals surface area contributed by atoms with Crippen molar-refractivity contribution in [1.82, 2.24) is 15.5 Å². The number of carbonyl (C=O) groups excluding carboxylic acids is 1. The molecule has 0 radical (unpaired) electrons. The van der Waals surface area contributed by atoms with Crippen molar-refractivity contribution in [2.75, 3.05) is 13.2 Å². The van der Waals surface area contributed by atoms with Crippen molar-refractivity contribution in [1.29, 1.82) is 0 Å². The summed E-state index contributed by atoms with van der Waals surface area (Å²) in [5.41, 5.74) is 2.24. The van der Waals surface area contributed by atoms with Gasteiger partial charge in [-0.25, -0.2) is 5.10 Å². The van der Waals surface area contributed by atoms with E-state index in [1.807, 2.05) is 60.7 Å². The summed E-state index contributed by atoms with van der Waals surface area (Å²) in [5, 5.41) is 9.61. The highest BCUT2D eigenvalue weighted by atomic mass is 16.5. The normalized spacial score (nSPS) is 16.1. The molecule has 6 heteroatoms. The third kappa shape index (κ3) is 3.73. The number of aromatic amines is 1. The minimum atomic E-state index is -0.511. The molecule has 6 nitrogen and oxygen atoms in total. The van der Waals surface area contributed by atoms with Crippen LogP contribution < -0.4 is 10.9 Å². The zero-order valence-electron chi connectivity index (χ0n) is 15.4. The molecule has 1 atom stereocenters. The number of ether oxygens (including phenoxy) is 1. The summed E-state index contributed by atoms with van der Waals surface area (Å²) in [4.78, 5) is 25.6. The first-order chi connectivity index (χ1) is 13.7. The predicted octanol–water partition coefficient (Wildman–Crippen LogP) is 3.01. The quantitative estimate of drug-likeness (QED) is 0.718. The lowest BCUT2D eigenvalue weighted by Crippen LogP contribution is -2.36. The second kappa shape index (κ2) is 8.19. The van der Waals surface area contributed by atoms with Gasteiger partial charge in [-0.3, -0.25) is 9.59 Å². The number of H-pyrrole nitrogens is 1. The Kier molecular flexibility index (Phi) is 5.30. The van der Waals surface area contributed by atoms with Gasteiger partial charge in [0, 0.05) is 24.3 Å². The molecule has 1 saturated heterocycles. The molecule has 2 heterocycles. The molecule has 1 aromatic heterocycles. The van der Waals surface area contributed by atoms with E-state index in [0.29, 0.717) is 24.4 Å². The van der Waals surface area contributed by atoms with Gasteiger partial charge in [-0.2, -0.15) is 5.10 Å². The first-order valence-corrected chi connectivity index (χ1v) is 9.37. The topological polar surface area (TPSA) is 84.1 Å². The molecule has 1 amide bonds. The van der Waals surface area contributed by atoms with E-state index >= 15 is 0 Å². The highest BCUT2D eigenvalue weighted by Gasteiger charge is 2.24. The number of rotatable bonds is 5. The molecule has 0 bridgehead atoms. The maximum atomic E-state index is 13.0. The fraction of sp³-hybridized carbons (Fsp3) is 0.227. The van der Waals surface area contributed by atoms with Crippen molar-refractivity contribution < 1.29 is 9.53 Å². The molecule has 0 spiro atoms. The number of hydrogen-bond acceptors (Lipinski definition) is 4. The molecule has 1 fully saturated rings. The maximum Gasteiger partial charge on any atom is 0.277 e. The highest BCUT2D eigenvalue weighted by Crippen LogP contribution is 2.31.